The summed E-state index contributed by atoms with van der Waals surface area (Å²) >= 11 is 25.3. The molecule has 6 aliphatic rings. The highest BCUT2D eigenvalue weighted by Gasteiger charge is 2.28. The molecule has 2 saturated carbocycles. The fourth-order valence-corrected chi connectivity index (χ4v) is 14.5. The number of anilines is 2. The van der Waals surface area contributed by atoms with E-state index < -0.39 is 17.7 Å². The zero-order valence-corrected chi connectivity index (χ0v) is 76.4. The van der Waals surface area contributed by atoms with Crippen molar-refractivity contribution in [3.05, 3.63) is 238 Å². The number of nitrogens with zero attached hydrogens (tertiary/aromatic N) is 6. The van der Waals surface area contributed by atoms with Gasteiger partial charge in [0.25, 0.3) is 17.7 Å². The van der Waals surface area contributed by atoms with E-state index in [1.165, 1.54) is 125 Å². The number of carbonyl (C=O) groups excluding carboxylic acids is 3. The number of hydrogen-bond acceptors (Lipinski definition) is 20. The Kier molecular flexibility index (Phi) is 38.9. The quantitative estimate of drug-likeness (QED) is 0.0393. The third-order valence-corrected chi connectivity index (χ3v) is 21.0. The van der Waals surface area contributed by atoms with Crippen LogP contribution in [0.15, 0.2) is 187 Å². The van der Waals surface area contributed by atoms with Crippen LogP contribution in [0.2, 0.25) is 5.02 Å². The summed E-state index contributed by atoms with van der Waals surface area (Å²) in [5.41, 5.74) is 30.6. The predicted octanol–water partition coefficient (Wildman–Crippen LogP) is 20.8. The Bertz CT molecular complexity index is 5610. The average Bonchev–Trinajstić information content (AvgIpc) is 1.76. The van der Waals surface area contributed by atoms with Crippen molar-refractivity contribution >= 4 is 165 Å². The molecule has 4 aromatic heterocycles. The van der Waals surface area contributed by atoms with Gasteiger partial charge in [-0.05, 0) is 270 Å². The molecule has 0 unspecified atom stereocenters. The fraction of sp³-hybridized carbons (Fsp3) is 0.312. The maximum Gasteiger partial charge on any atom is 0.369 e. The number of primary amides is 3. The van der Waals surface area contributed by atoms with Crippen molar-refractivity contribution in [3.63, 3.8) is 0 Å². The topological polar surface area (TPSA) is 326 Å². The van der Waals surface area contributed by atoms with Crippen LogP contribution in [0.5, 0.6) is 57.5 Å². The minimum Gasteiger partial charge on any atom is -0.508 e. The number of carbonyl (C=O) groups is 3. The Hall–Kier alpha value is -10.5. The number of thiocarbonyl (C=S) groups is 1. The standard InChI is InChI=1S/C24H24N4O3S.C20H19N3O3.C11H9ClN2O2.C11H14O.C10H9NO.C10H12O.C3H5NS.C2H6.CH4O.CH4.BBr3/c1-30-22-13-19-17(12-18(22)23(25)29)21(8-9-26-19)31-16-6-7-20-14(11-16)3-2-10-28(20)24(32)27-15-4-5-15;1-25-19-11-17-14(10-15(19)20(21)24)18(6-8-23-17)26-13-4-5-16-12(9-13)3-2-7-22-16;1-16-10-5-9-6(4-7(10)11(13)15)8(12)2-3-14-9;1-12-11-7-6-9-4-2-3-5-10(9)8-11;1-12-9-4-5-10-8(7-9)3-2-6-11-10;11-10-6-5-8-3-1-2-4-9(8)7-10;5-4-3-1-2-3;2*1-2;;2-1(3)4/h6-9,11-13,15H,2-5,10H2,1H3,(H2,25,29)(H,27,32);4-6,8-11,22H,2-3,7H2,1H3,(H2,21,24);2-5H,1H3,(H2,13,15);6-8H,2-5H2,1H3;2-7H,1H3;5-7,11H,1-4H2;3H,1-2H2;1-2H3;2H,1H3;1H4;/i;;;;;;;1D;;;. The Morgan fingerprint density at radius 2 is 0.976 bits per heavy atom. The molecule has 0 spiro atoms. The Morgan fingerprint density at radius 3 is 1.49 bits per heavy atom. The van der Waals surface area contributed by atoms with Crippen molar-refractivity contribution in [1.29, 1.82) is 0 Å². The van der Waals surface area contributed by atoms with E-state index in [2.05, 4.69) is 130 Å². The summed E-state index contributed by atoms with van der Waals surface area (Å²) in [5.74, 6) is 4.45. The van der Waals surface area contributed by atoms with Crippen LogP contribution >= 0.6 is 71.1 Å². The van der Waals surface area contributed by atoms with E-state index >= 15 is 0 Å². The number of rotatable bonds is 14. The minimum absolute atomic E-state index is 0. The highest BCUT2D eigenvalue weighted by atomic mass is 79.9. The van der Waals surface area contributed by atoms with E-state index in [1.54, 1.807) is 107 Å². The third kappa shape index (κ3) is 28.5. The first-order valence-electron chi connectivity index (χ1n) is 40.5. The van der Waals surface area contributed by atoms with Crippen molar-refractivity contribution in [3.8, 4) is 57.5 Å². The van der Waals surface area contributed by atoms with Gasteiger partial charge in [-0.1, -0.05) is 51.1 Å². The number of aliphatic hydroxyl groups excluding tert-OH is 1. The van der Waals surface area contributed by atoms with E-state index in [0.717, 1.165) is 103 Å². The summed E-state index contributed by atoms with van der Waals surface area (Å²) in [4.78, 5) is 54.1. The lowest BCUT2D eigenvalue weighted by Gasteiger charge is -2.32. The number of aliphatic hydroxyl groups is 1. The molecule has 18 rings (SSSR count). The van der Waals surface area contributed by atoms with Crippen LogP contribution in [0.25, 0.3) is 43.6 Å². The van der Waals surface area contributed by atoms with Gasteiger partial charge in [0.15, 0.2) is 5.11 Å². The Morgan fingerprint density at radius 1 is 0.528 bits per heavy atom. The molecule has 648 valence electrons. The number of benzene rings is 8. The first kappa shape index (κ1) is 96.3. The fourth-order valence-electron chi connectivity index (χ4n) is 13.7. The zero-order valence-electron chi connectivity index (χ0n) is 70.2. The van der Waals surface area contributed by atoms with Crippen LogP contribution in [-0.4, -0.2) is 124 Å². The Labute approximate surface area is 761 Å². The predicted molar refractivity (Wildman–Crippen MR) is 514 cm³/mol. The summed E-state index contributed by atoms with van der Waals surface area (Å²) in [5, 5.41) is 27.5. The highest BCUT2D eigenvalue weighted by Crippen LogP contribution is 2.40. The minimum atomic E-state index is -0.566. The second kappa shape index (κ2) is 49.7. The second-order valence-electron chi connectivity index (χ2n) is 28.2. The van der Waals surface area contributed by atoms with Crippen molar-refractivity contribution in [1.82, 2.24) is 25.3 Å². The SMILES string of the molecule is BrB(Br)Br.C.CO.COc1cc2nccc(Cl)c2cc1C(N)=O.COc1cc2nccc(Oc3ccc4c(c3)CCCN4)c2cc1C(N)=O.COc1cc2nccc(Oc3ccc4c(c3)CCCN4C(=S)NC3CC3)c2cc1C(N)=O.COc1ccc2c(c1)CCCC2.COc1ccc2ncccc2c1.Oc1ccc2c(c1)CCCC2.S=NC1CC1.[2H]CC. The van der Waals surface area contributed by atoms with Crippen LogP contribution < -0.4 is 65.9 Å². The summed E-state index contributed by atoms with van der Waals surface area (Å²) < 4.78 is 48.3. The highest BCUT2D eigenvalue weighted by molar-refractivity contribution is 9.69. The van der Waals surface area contributed by atoms with E-state index in [4.69, 9.17) is 80.7 Å². The molecule has 2 fully saturated rings. The third-order valence-electron chi connectivity index (χ3n) is 20.0. The molecule has 0 radical (unpaired) electrons. The molecule has 4 aliphatic carbocycles. The van der Waals surface area contributed by atoms with Crippen LogP contribution in [0.4, 0.5) is 11.4 Å². The van der Waals surface area contributed by atoms with Gasteiger partial charge in [-0.25, -0.2) is 4.36 Å². The molecule has 10 N–H and O–H groups in total. The molecular formula is C93H106BBr3ClN11O12S2. The van der Waals surface area contributed by atoms with E-state index in [9.17, 15) is 19.5 Å². The second-order valence-corrected chi connectivity index (χ2v) is 35.6. The number of fused-ring (bicyclic) bond motifs is 8. The lowest BCUT2D eigenvalue weighted by Crippen LogP contribution is -2.43. The maximum absolute atomic E-state index is 11.9. The van der Waals surface area contributed by atoms with Crippen LogP contribution in [0, 0.1) is 0 Å². The number of methoxy groups -OCH3 is 5. The average molecular weight is 1920 g/mol. The molecule has 3 amide bonds. The molecule has 2 aliphatic heterocycles. The molecule has 23 nitrogen and oxygen atoms in total. The number of halogens is 4. The number of nitrogens with two attached hydrogens (primary N) is 3. The molecule has 123 heavy (non-hydrogen) atoms. The lowest BCUT2D eigenvalue weighted by atomic mass is 9.92. The first-order chi connectivity index (χ1) is 59.5. The van der Waals surface area contributed by atoms with Gasteiger partial charge in [-0.2, -0.15) is 0 Å². The van der Waals surface area contributed by atoms with E-state index in [1.807, 2.05) is 66.7 Å². The number of phenolic OH excluding ortho intramolecular Hbond substituents is 1. The van der Waals surface area contributed by atoms with Gasteiger partial charge in [0.05, 0.1) is 85.4 Å². The largest absolute Gasteiger partial charge is 0.508 e. The normalized spacial score (nSPS) is 13.3. The molecule has 8 aromatic carbocycles. The van der Waals surface area contributed by atoms with Gasteiger partial charge in [-0.15, -0.1) is 47.3 Å². The van der Waals surface area contributed by atoms with Gasteiger partial charge < -0.3 is 76.1 Å². The molecular weight excluding hydrogens is 1810 g/mol. The van der Waals surface area contributed by atoms with Crippen molar-refractivity contribution < 1.29 is 59.1 Å². The van der Waals surface area contributed by atoms with Crippen molar-refractivity contribution in [2.75, 3.05) is 66.0 Å². The van der Waals surface area contributed by atoms with Crippen LogP contribution in [0.1, 0.15) is 151 Å². The lowest BCUT2D eigenvalue weighted by molar-refractivity contribution is 0.0989. The molecule has 30 heteroatoms. The van der Waals surface area contributed by atoms with E-state index in [-0.39, 0.29) is 16.2 Å². The number of aromatic nitrogens is 4. The number of ether oxygens (including phenoxy) is 7. The van der Waals surface area contributed by atoms with Gasteiger partial charge in [-0.3, -0.25) is 34.3 Å². The number of hydrogen-bond donors (Lipinski definition) is 7. The van der Waals surface area contributed by atoms with Crippen molar-refractivity contribution in [2.24, 2.45) is 21.6 Å². The van der Waals surface area contributed by atoms with Gasteiger partial charge >= 0.3 is 3.18 Å². The Balaban J connectivity index is 0.000000186. The zero-order chi connectivity index (χ0) is 88.5. The number of nitrogens with one attached hydrogen (secondary N) is 2. The number of aryl methyl sites for hydroxylation is 6. The summed E-state index contributed by atoms with van der Waals surface area (Å²) in [6, 6.07) is 50.3. The summed E-state index contributed by atoms with van der Waals surface area (Å²) in [6.45, 7) is 4.21. The van der Waals surface area contributed by atoms with Gasteiger partial charge in [0.2, 0.25) is 0 Å². The number of amides is 3. The number of phenols is 1. The van der Waals surface area contributed by atoms with Gasteiger partial charge in [0, 0.05) is 116 Å². The van der Waals surface area contributed by atoms with Gasteiger partial charge in [0.1, 0.15) is 57.5 Å². The smallest absolute Gasteiger partial charge is 0.369 e. The molecule has 6 heterocycles. The summed E-state index contributed by atoms with van der Waals surface area (Å²) in [6.07, 6.45) is 25.8. The van der Waals surface area contributed by atoms with Crippen LogP contribution in [0.3, 0.4) is 0 Å². The summed E-state index contributed by atoms with van der Waals surface area (Å²) in [7, 11) is 8.85. The monoisotopic (exact) mass is 1920 g/mol. The molecule has 0 saturated heterocycles. The number of pyridine rings is 4. The first-order valence-corrected chi connectivity index (χ1v) is 43.7. The van der Waals surface area contributed by atoms with Crippen molar-refractivity contribution in [2.45, 2.75) is 136 Å². The molecule has 0 atom stereocenters. The molecule has 12 aromatic rings. The van der Waals surface area contributed by atoms with Crippen LogP contribution in [-0.2, 0) is 51.0 Å². The van der Waals surface area contributed by atoms with E-state index in [0.29, 0.717) is 102 Å². The maximum atomic E-state index is 11.9. The number of aromatic hydroxyl groups is 1. The molecule has 0 bridgehead atoms.